The van der Waals surface area contributed by atoms with Crippen molar-refractivity contribution in [2.24, 2.45) is 5.92 Å². The van der Waals surface area contributed by atoms with Gasteiger partial charge in [-0.15, -0.1) is 0 Å². The minimum Gasteiger partial charge on any atom is -0.353 e. The summed E-state index contributed by atoms with van der Waals surface area (Å²) in [5.41, 5.74) is 1.12. The molecule has 1 N–H and O–H groups in total. The molecule has 1 aromatic heterocycles. The number of imidazole rings is 1. The third-order valence-electron chi connectivity index (χ3n) is 3.53. The van der Waals surface area contributed by atoms with Crippen molar-refractivity contribution >= 4 is 5.95 Å². The normalized spacial score (nSPS) is 16.9. The SMILES string of the molecule is Cc1cn(CCC(C)C)c(NC2CCCC2)n1. The van der Waals surface area contributed by atoms with Gasteiger partial charge in [-0.1, -0.05) is 26.7 Å². The van der Waals surface area contributed by atoms with Crippen molar-refractivity contribution in [3.63, 3.8) is 0 Å². The van der Waals surface area contributed by atoms with Crippen LogP contribution in [0.15, 0.2) is 6.20 Å². The summed E-state index contributed by atoms with van der Waals surface area (Å²) in [5, 5.41) is 3.61. The average molecular weight is 235 g/mol. The number of nitrogens with one attached hydrogen (secondary N) is 1. The van der Waals surface area contributed by atoms with E-state index in [0.29, 0.717) is 6.04 Å². The van der Waals surface area contributed by atoms with Crippen LogP contribution < -0.4 is 5.32 Å². The largest absolute Gasteiger partial charge is 0.353 e. The molecular formula is C14H25N3. The van der Waals surface area contributed by atoms with E-state index in [0.717, 1.165) is 24.1 Å². The standard InChI is InChI=1S/C14H25N3/c1-11(2)8-9-17-10-12(3)15-14(17)16-13-6-4-5-7-13/h10-11,13H,4-9H2,1-3H3,(H,15,16). The van der Waals surface area contributed by atoms with Gasteiger partial charge in [-0.2, -0.15) is 0 Å². The van der Waals surface area contributed by atoms with Crippen LogP contribution in [-0.4, -0.2) is 15.6 Å². The summed E-state index contributed by atoms with van der Waals surface area (Å²) in [6.45, 7) is 7.70. The number of anilines is 1. The molecule has 3 heteroatoms. The smallest absolute Gasteiger partial charge is 0.203 e. The van der Waals surface area contributed by atoms with Gasteiger partial charge in [0.05, 0.1) is 5.69 Å². The first-order valence-electron chi connectivity index (χ1n) is 6.95. The summed E-state index contributed by atoms with van der Waals surface area (Å²) in [5.74, 6) is 1.83. The summed E-state index contributed by atoms with van der Waals surface area (Å²) in [6.07, 6.45) is 8.72. The average Bonchev–Trinajstić information content (AvgIpc) is 2.86. The molecule has 0 atom stereocenters. The Kier molecular flexibility index (Phi) is 4.08. The maximum absolute atomic E-state index is 4.60. The predicted molar refractivity (Wildman–Crippen MR) is 72.3 cm³/mol. The summed E-state index contributed by atoms with van der Waals surface area (Å²) in [6, 6.07) is 0.648. The van der Waals surface area contributed by atoms with Crippen molar-refractivity contribution in [2.45, 2.75) is 65.5 Å². The van der Waals surface area contributed by atoms with Crippen molar-refractivity contribution in [1.82, 2.24) is 9.55 Å². The van der Waals surface area contributed by atoms with Gasteiger partial charge >= 0.3 is 0 Å². The maximum Gasteiger partial charge on any atom is 0.203 e. The summed E-state index contributed by atoms with van der Waals surface area (Å²) in [7, 11) is 0. The molecule has 1 aliphatic carbocycles. The Bertz CT molecular complexity index is 348. The minimum absolute atomic E-state index is 0.648. The zero-order valence-electron chi connectivity index (χ0n) is 11.4. The number of rotatable bonds is 5. The zero-order valence-corrected chi connectivity index (χ0v) is 11.4. The molecule has 0 unspecified atom stereocenters. The fraction of sp³-hybridized carbons (Fsp3) is 0.786. The third kappa shape index (κ3) is 3.48. The minimum atomic E-state index is 0.648. The molecule has 0 bridgehead atoms. The van der Waals surface area contributed by atoms with Gasteiger partial charge in [0.15, 0.2) is 0 Å². The molecule has 17 heavy (non-hydrogen) atoms. The van der Waals surface area contributed by atoms with Crippen LogP contribution in [0.4, 0.5) is 5.95 Å². The molecule has 0 aromatic carbocycles. The first-order valence-corrected chi connectivity index (χ1v) is 6.95. The van der Waals surface area contributed by atoms with Crippen molar-refractivity contribution in [1.29, 1.82) is 0 Å². The Hall–Kier alpha value is -0.990. The van der Waals surface area contributed by atoms with Gasteiger partial charge in [0.2, 0.25) is 5.95 Å². The number of hydrogen-bond donors (Lipinski definition) is 1. The maximum atomic E-state index is 4.60. The number of aromatic nitrogens is 2. The van der Waals surface area contributed by atoms with Crippen molar-refractivity contribution in [3.05, 3.63) is 11.9 Å². The van der Waals surface area contributed by atoms with Crippen LogP contribution in [0.5, 0.6) is 0 Å². The molecule has 0 saturated heterocycles. The topological polar surface area (TPSA) is 29.9 Å². The van der Waals surface area contributed by atoms with E-state index >= 15 is 0 Å². The van der Waals surface area contributed by atoms with Gasteiger partial charge in [-0.25, -0.2) is 4.98 Å². The molecule has 3 nitrogen and oxygen atoms in total. The Labute approximate surface area is 105 Å². The van der Waals surface area contributed by atoms with Crippen LogP contribution in [0.25, 0.3) is 0 Å². The lowest BCUT2D eigenvalue weighted by Crippen LogP contribution is -2.18. The van der Waals surface area contributed by atoms with Crippen molar-refractivity contribution in [2.75, 3.05) is 5.32 Å². The number of hydrogen-bond acceptors (Lipinski definition) is 2. The van der Waals surface area contributed by atoms with E-state index in [-0.39, 0.29) is 0 Å². The van der Waals surface area contributed by atoms with E-state index in [1.165, 1.54) is 32.1 Å². The van der Waals surface area contributed by atoms with E-state index in [4.69, 9.17) is 0 Å². The van der Waals surface area contributed by atoms with Gasteiger partial charge < -0.3 is 9.88 Å². The monoisotopic (exact) mass is 235 g/mol. The number of aryl methyl sites for hydroxylation is 2. The molecule has 1 aromatic rings. The van der Waals surface area contributed by atoms with Gasteiger partial charge in [0.25, 0.3) is 0 Å². The molecule has 0 radical (unpaired) electrons. The van der Waals surface area contributed by atoms with Crippen LogP contribution in [0.2, 0.25) is 0 Å². The molecule has 0 spiro atoms. The number of nitrogens with zero attached hydrogens (tertiary/aromatic N) is 2. The summed E-state index contributed by atoms with van der Waals surface area (Å²) < 4.78 is 2.29. The first-order chi connectivity index (χ1) is 8.15. The Balaban J connectivity index is 1.98. The summed E-state index contributed by atoms with van der Waals surface area (Å²) >= 11 is 0. The second kappa shape index (κ2) is 5.56. The van der Waals surface area contributed by atoms with E-state index in [2.05, 4.69) is 41.8 Å². The molecule has 0 amide bonds. The Morgan fingerprint density at radius 1 is 1.41 bits per heavy atom. The fourth-order valence-electron chi connectivity index (χ4n) is 2.48. The van der Waals surface area contributed by atoms with E-state index in [1.807, 2.05) is 0 Å². The Morgan fingerprint density at radius 2 is 2.12 bits per heavy atom. The van der Waals surface area contributed by atoms with Crippen LogP contribution in [0, 0.1) is 12.8 Å². The zero-order chi connectivity index (χ0) is 12.3. The molecule has 1 fully saturated rings. The highest BCUT2D eigenvalue weighted by molar-refractivity contribution is 5.30. The lowest BCUT2D eigenvalue weighted by Gasteiger charge is -2.15. The van der Waals surface area contributed by atoms with E-state index in [9.17, 15) is 0 Å². The van der Waals surface area contributed by atoms with Crippen molar-refractivity contribution < 1.29 is 0 Å². The molecular weight excluding hydrogens is 210 g/mol. The lowest BCUT2D eigenvalue weighted by atomic mass is 10.1. The Morgan fingerprint density at radius 3 is 2.76 bits per heavy atom. The highest BCUT2D eigenvalue weighted by Crippen LogP contribution is 2.22. The highest BCUT2D eigenvalue weighted by Gasteiger charge is 2.17. The van der Waals surface area contributed by atoms with Gasteiger partial charge in [0.1, 0.15) is 0 Å². The van der Waals surface area contributed by atoms with Gasteiger partial charge in [-0.3, -0.25) is 0 Å². The quantitative estimate of drug-likeness (QED) is 0.845. The first kappa shape index (κ1) is 12.5. The van der Waals surface area contributed by atoms with E-state index < -0.39 is 0 Å². The van der Waals surface area contributed by atoms with Crippen LogP contribution >= 0.6 is 0 Å². The van der Waals surface area contributed by atoms with Crippen LogP contribution in [0.1, 0.15) is 51.6 Å². The predicted octanol–water partition coefficient (Wildman–Crippen LogP) is 3.59. The fourth-order valence-corrected chi connectivity index (χ4v) is 2.48. The highest BCUT2D eigenvalue weighted by atomic mass is 15.2. The molecule has 96 valence electrons. The lowest BCUT2D eigenvalue weighted by molar-refractivity contribution is 0.516. The second-order valence-electron chi connectivity index (χ2n) is 5.71. The molecule has 0 aliphatic heterocycles. The van der Waals surface area contributed by atoms with Gasteiger partial charge in [0, 0.05) is 18.8 Å². The van der Waals surface area contributed by atoms with Crippen LogP contribution in [-0.2, 0) is 6.54 Å². The van der Waals surface area contributed by atoms with E-state index in [1.54, 1.807) is 0 Å². The third-order valence-corrected chi connectivity index (χ3v) is 3.53. The second-order valence-corrected chi connectivity index (χ2v) is 5.71. The molecule has 2 rings (SSSR count). The van der Waals surface area contributed by atoms with Crippen LogP contribution in [0.3, 0.4) is 0 Å². The summed E-state index contributed by atoms with van der Waals surface area (Å²) in [4.78, 5) is 4.60. The molecule has 1 aliphatic rings. The molecule has 1 saturated carbocycles. The van der Waals surface area contributed by atoms with Gasteiger partial charge in [-0.05, 0) is 32.1 Å². The molecule has 1 heterocycles. The van der Waals surface area contributed by atoms with Crippen molar-refractivity contribution in [3.8, 4) is 0 Å².